The Labute approximate surface area is 169 Å². The largest absolute Gasteiger partial charge is 0.444 e. The molecular formula is C20H39N5O3. The van der Waals surface area contributed by atoms with Crippen LogP contribution in [0.4, 0.5) is 4.79 Å². The third-order valence-electron chi connectivity index (χ3n) is 4.31. The number of likely N-dealkylation sites (tertiary alicyclic amines) is 1. The first kappa shape index (κ1) is 24.0. The number of amides is 2. The van der Waals surface area contributed by atoms with Crippen molar-refractivity contribution in [2.45, 2.75) is 78.4 Å². The lowest BCUT2D eigenvalue weighted by Gasteiger charge is -2.24. The molecular weight excluding hydrogens is 358 g/mol. The van der Waals surface area contributed by atoms with Gasteiger partial charge in [-0.05, 0) is 47.0 Å². The van der Waals surface area contributed by atoms with E-state index in [1.54, 1.807) is 0 Å². The quantitative estimate of drug-likeness (QED) is 0.410. The van der Waals surface area contributed by atoms with Crippen molar-refractivity contribution in [1.29, 1.82) is 0 Å². The zero-order chi connectivity index (χ0) is 21.0. The molecule has 28 heavy (non-hydrogen) atoms. The summed E-state index contributed by atoms with van der Waals surface area (Å²) in [7, 11) is 0. The molecule has 8 heteroatoms. The van der Waals surface area contributed by atoms with E-state index in [1.165, 1.54) is 0 Å². The first-order chi connectivity index (χ1) is 13.2. The molecule has 1 fully saturated rings. The predicted molar refractivity (Wildman–Crippen MR) is 112 cm³/mol. The van der Waals surface area contributed by atoms with E-state index in [1.807, 2.05) is 32.6 Å². The summed E-state index contributed by atoms with van der Waals surface area (Å²) in [5, 5.41) is 9.36. The van der Waals surface area contributed by atoms with Crippen LogP contribution in [0.5, 0.6) is 0 Å². The van der Waals surface area contributed by atoms with Crippen LogP contribution in [0.25, 0.3) is 0 Å². The number of unbranched alkanes of at least 4 members (excludes halogenated alkanes) is 1. The summed E-state index contributed by atoms with van der Waals surface area (Å²) < 4.78 is 5.31. The molecule has 0 saturated carbocycles. The molecule has 8 nitrogen and oxygen atoms in total. The monoisotopic (exact) mass is 397 g/mol. The molecule has 1 saturated heterocycles. The summed E-state index contributed by atoms with van der Waals surface area (Å²) in [6, 6.07) is 0.00663. The van der Waals surface area contributed by atoms with Crippen molar-refractivity contribution in [3.05, 3.63) is 0 Å². The zero-order valence-electron chi connectivity index (χ0n) is 18.3. The van der Waals surface area contributed by atoms with Gasteiger partial charge in [0.1, 0.15) is 12.1 Å². The van der Waals surface area contributed by atoms with Gasteiger partial charge in [0.2, 0.25) is 5.91 Å². The number of hydrogen-bond acceptors (Lipinski definition) is 4. The summed E-state index contributed by atoms with van der Waals surface area (Å²) in [4.78, 5) is 30.5. The van der Waals surface area contributed by atoms with Gasteiger partial charge in [0.25, 0.3) is 0 Å². The second-order valence-electron chi connectivity index (χ2n) is 8.15. The normalized spacial score (nSPS) is 15.9. The SMILES string of the molecule is CCCCC(CNC(=O)OC(C)(C)C)NC(=NCC(=O)N1CCCC1)NCC. The summed E-state index contributed by atoms with van der Waals surface area (Å²) in [6.07, 6.45) is 4.69. The number of guanidine groups is 1. The average Bonchev–Trinajstić information content (AvgIpc) is 3.15. The maximum atomic E-state index is 12.2. The lowest BCUT2D eigenvalue weighted by Crippen LogP contribution is -2.49. The van der Waals surface area contributed by atoms with Crippen molar-refractivity contribution < 1.29 is 14.3 Å². The van der Waals surface area contributed by atoms with Crippen LogP contribution in [-0.2, 0) is 9.53 Å². The van der Waals surface area contributed by atoms with Crippen molar-refractivity contribution >= 4 is 18.0 Å². The molecule has 0 bridgehead atoms. The number of hydrogen-bond donors (Lipinski definition) is 3. The number of ether oxygens (including phenoxy) is 1. The van der Waals surface area contributed by atoms with Crippen molar-refractivity contribution in [2.24, 2.45) is 4.99 Å². The molecule has 0 aliphatic carbocycles. The fourth-order valence-corrected chi connectivity index (χ4v) is 2.92. The molecule has 162 valence electrons. The number of alkyl carbamates (subject to hydrolysis) is 1. The molecule has 0 aromatic heterocycles. The number of carbonyl (C=O) groups excluding carboxylic acids is 2. The van der Waals surface area contributed by atoms with Gasteiger partial charge < -0.3 is 25.6 Å². The van der Waals surface area contributed by atoms with E-state index < -0.39 is 11.7 Å². The van der Waals surface area contributed by atoms with Gasteiger partial charge in [-0.3, -0.25) is 4.79 Å². The van der Waals surface area contributed by atoms with Gasteiger partial charge in [-0.15, -0.1) is 0 Å². The Morgan fingerprint density at radius 2 is 1.82 bits per heavy atom. The topological polar surface area (TPSA) is 95.1 Å². The van der Waals surface area contributed by atoms with Crippen LogP contribution >= 0.6 is 0 Å². The van der Waals surface area contributed by atoms with E-state index in [0.29, 0.717) is 19.0 Å². The van der Waals surface area contributed by atoms with Crippen molar-refractivity contribution in [3.63, 3.8) is 0 Å². The average molecular weight is 398 g/mol. The molecule has 0 aromatic rings. The molecule has 1 unspecified atom stereocenters. The molecule has 2 amide bonds. The Kier molecular flexibility index (Phi) is 10.7. The minimum absolute atomic E-state index is 0.00663. The lowest BCUT2D eigenvalue weighted by atomic mass is 10.1. The number of rotatable bonds is 9. The van der Waals surface area contributed by atoms with E-state index in [9.17, 15) is 9.59 Å². The maximum absolute atomic E-state index is 12.2. The third kappa shape index (κ3) is 10.4. The fraction of sp³-hybridized carbons (Fsp3) is 0.850. The van der Waals surface area contributed by atoms with Crippen LogP contribution in [0.15, 0.2) is 4.99 Å². The Morgan fingerprint density at radius 1 is 1.14 bits per heavy atom. The molecule has 1 atom stereocenters. The van der Waals surface area contributed by atoms with E-state index >= 15 is 0 Å². The molecule has 1 aliphatic heterocycles. The van der Waals surface area contributed by atoms with E-state index in [-0.39, 0.29) is 18.5 Å². The summed E-state index contributed by atoms with van der Waals surface area (Å²) in [6.45, 7) is 12.6. The molecule has 1 aliphatic rings. The van der Waals surface area contributed by atoms with Gasteiger partial charge in [0.05, 0.1) is 0 Å². The van der Waals surface area contributed by atoms with Gasteiger partial charge in [-0.1, -0.05) is 19.8 Å². The highest BCUT2D eigenvalue weighted by atomic mass is 16.6. The number of aliphatic imine (C=N–C) groups is 1. The fourth-order valence-electron chi connectivity index (χ4n) is 2.92. The summed E-state index contributed by atoms with van der Waals surface area (Å²) in [5.41, 5.74) is -0.525. The smallest absolute Gasteiger partial charge is 0.407 e. The van der Waals surface area contributed by atoms with Crippen molar-refractivity contribution in [1.82, 2.24) is 20.9 Å². The third-order valence-corrected chi connectivity index (χ3v) is 4.31. The van der Waals surface area contributed by atoms with Gasteiger partial charge in [0, 0.05) is 32.2 Å². The second-order valence-corrected chi connectivity index (χ2v) is 8.15. The highest BCUT2D eigenvalue weighted by molar-refractivity contribution is 5.85. The highest BCUT2D eigenvalue weighted by Crippen LogP contribution is 2.08. The molecule has 1 rings (SSSR count). The van der Waals surface area contributed by atoms with E-state index in [0.717, 1.165) is 45.2 Å². The first-order valence-electron chi connectivity index (χ1n) is 10.5. The predicted octanol–water partition coefficient (Wildman–Crippen LogP) is 2.25. The van der Waals surface area contributed by atoms with E-state index in [2.05, 4.69) is 27.9 Å². The first-order valence-corrected chi connectivity index (χ1v) is 10.5. The van der Waals surface area contributed by atoms with E-state index in [4.69, 9.17) is 4.74 Å². The molecule has 0 radical (unpaired) electrons. The Bertz CT molecular complexity index is 510. The molecule has 0 aromatic carbocycles. The second kappa shape index (κ2) is 12.5. The Hall–Kier alpha value is -1.99. The molecule has 0 spiro atoms. The zero-order valence-corrected chi connectivity index (χ0v) is 18.3. The lowest BCUT2D eigenvalue weighted by molar-refractivity contribution is -0.128. The standard InChI is InChI=1S/C20H39N5O3/c1-6-8-11-16(14-23-19(27)28-20(3,4)5)24-18(21-7-2)22-15-17(26)25-12-9-10-13-25/h16H,6-15H2,1-5H3,(H,23,27)(H2,21,22,24). The number of carbonyl (C=O) groups is 2. The van der Waals surface area contributed by atoms with Gasteiger partial charge in [-0.2, -0.15) is 0 Å². The van der Waals surface area contributed by atoms with Gasteiger partial charge >= 0.3 is 6.09 Å². The number of nitrogens with zero attached hydrogens (tertiary/aromatic N) is 2. The molecule has 3 N–H and O–H groups in total. The van der Waals surface area contributed by atoms with Crippen molar-refractivity contribution in [2.75, 3.05) is 32.7 Å². The minimum Gasteiger partial charge on any atom is -0.444 e. The van der Waals surface area contributed by atoms with Crippen LogP contribution in [0.2, 0.25) is 0 Å². The minimum atomic E-state index is -0.525. The Morgan fingerprint density at radius 3 is 2.39 bits per heavy atom. The van der Waals surface area contributed by atoms with Gasteiger partial charge in [0.15, 0.2) is 5.96 Å². The van der Waals surface area contributed by atoms with Gasteiger partial charge in [-0.25, -0.2) is 9.79 Å². The summed E-state index contributed by atoms with van der Waals surface area (Å²) >= 11 is 0. The van der Waals surface area contributed by atoms with Crippen LogP contribution in [0.3, 0.4) is 0 Å². The number of nitrogens with one attached hydrogen (secondary N) is 3. The van der Waals surface area contributed by atoms with Crippen LogP contribution in [0.1, 0.15) is 66.7 Å². The van der Waals surface area contributed by atoms with Crippen LogP contribution < -0.4 is 16.0 Å². The Balaban J connectivity index is 2.62. The van der Waals surface area contributed by atoms with Crippen molar-refractivity contribution in [3.8, 4) is 0 Å². The van der Waals surface area contributed by atoms with Crippen LogP contribution in [0, 0.1) is 0 Å². The maximum Gasteiger partial charge on any atom is 0.407 e. The van der Waals surface area contributed by atoms with Crippen LogP contribution in [-0.4, -0.2) is 67.2 Å². The molecule has 1 heterocycles. The summed E-state index contributed by atoms with van der Waals surface area (Å²) in [5.74, 6) is 0.661. The highest BCUT2D eigenvalue weighted by Gasteiger charge is 2.19.